The molecule has 0 aromatic rings. The molecule has 1 aliphatic carbocycles. The van der Waals surface area contributed by atoms with E-state index in [-0.39, 0.29) is 17.6 Å². The van der Waals surface area contributed by atoms with Crippen molar-refractivity contribution in [2.45, 2.75) is 91.5 Å². The Morgan fingerprint density at radius 3 is 2.43 bits per heavy atom. The normalized spacial score (nSPS) is 28.8. The Morgan fingerprint density at radius 2 is 1.96 bits per heavy atom. The smallest absolute Gasteiger partial charge is 0.407 e. The first-order chi connectivity index (χ1) is 10.7. The summed E-state index contributed by atoms with van der Waals surface area (Å²) in [6.07, 6.45) is 3.00. The molecule has 4 unspecified atom stereocenters. The largest absolute Gasteiger partial charge is 0.444 e. The highest BCUT2D eigenvalue weighted by atomic mass is 16.6. The lowest BCUT2D eigenvalue weighted by Gasteiger charge is -2.54. The summed E-state index contributed by atoms with van der Waals surface area (Å²) in [4.78, 5) is 11.9. The van der Waals surface area contributed by atoms with Crippen LogP contribution in [0.4, 0.5) is 4.79 Å². The van der Waals surface area contributed by atoms with Crippen molar-refractivity contribution in [1.29, 1.82) is 0 Å². The first-order valence-electron chi connectivity index (χ1n) is 9.00. The second-order valence-corrected chi connectivity index (χ2v) is 7.75. The highest BCUT2D eigenvalue weighted by Gasteiger charge is 2.50. The fourth-order valence-electron chi connectivity index (χ4n) is 3.12. The number of hydrogen-bond acceptors (Lipinski definition) is 4. The molecule has 0 bridgehead atoms. The van der Waals surface area contributed by atoms with E-state index in [9.17, 15) is 4.79 Å². The van der Waals surface area contributed by atoms with Crippen molar-refractivity contribution >= 4 is 6.09 Å². The Morgan fingerprint density at radius 1 is 1.30 bits per heavy atom. The third kappa shape index (κ3) is 5.64. The van der Waals surface area contributed by atoms with Crippen LogP contribution in [0.15, 0.2) is 0 Å². The van der Waals surface area contributed by atoms with Gasteiger partial charge in [-0.2, -0.15) is 0 Å². The molecule has 0 aromatic heterocycles. The van der Waals surface area contributed by atoms with Gasteiger partial charge in [-0.25, -0.2) is 4.79 Å². The van der Waals surface area contributed by atoms with Gasteiger partial charge in [0.25, 0.3) is 0 Å². The van der Waals surface area contributed by atoms with E-state index in [0.29, 0.717) is 12.1 Å². The molecule has 2 N–H and O–H groups in total. The molecule has 1 rings (SSSR count). The molecule has 1 amide bonds. The molecule has 1 saturated carbocycles. The van der Waals surface area contributed by atoms with Gasteiger partial charge in [-0.15, -0.1) is 0 Å². The maximum Gasteiger partial charge on any atom is 0.407 e. The van der Waals surface area contributed by atoms with E-state index in [4.69, 9.17) is 9.47 Å². The predicted molar refractivity (Wildman–Crippen MR) is 93.7 cm³/mol. The van der Waals surface area contributed by atoms with E-state index >= 15 is 0 Å². The Bertz CT molecular complexity index is 381. The lowest BCUT2D eigenvalue weighted by atomic mass is 9.61. The molecule has 0 aromatic carbocycles. The first-order valence-corrected chi connectivity index (χ1v) is 9.00. The molecular weight excluding hydrogens is 292 g/mol. The standard InChI is InChI=1S/C18H36N2O3/c1-8-13(20-16(21)23-17(4,5)6)12-19-14-11-15(22-10-3)18(14,7)9-2/h13-15,19H,8-12H2,1-7H3,(H,20,21). The summed E-state index contributed by atoms with van der Waals surface area (Å²) in [6.45, 7) is 15.8. The number of hydrogen-bond donors (Lipinski definition) is 2. The van der Waals surface area contributed by atoms with E-state index in [1.807, 2.05) is 20.8 Å². The van der Waals surface area contributed by atoms with Gasteiger partial charge in [0.05, 0.1) is 6.10 Å². The molecule has 5 heteroatoms. The minimum atomic E-state index is -0.463. The van der Waals surface area contributed by atoms with E-state index in [1.165, 1.54) is 0 Å². The molecule has 4 atom stereocenters. The van der Waals surface area contributed by atoms with E-state index in [1.54, 1.807) is 0 Å². The van der Waals surface area contributed by atoms with Crippen molar-refractivity contribution in [3.63, 3.8) is 0 Å². The van der Waals surface area contributed by atoms with Gasteiger partial charge in [-0.05, 0) is 47.0 Å². The van der Waals surface area contributed by atoms with Crippen LogP contribution < -0.4 is 10.6 Å². The average molecular weight is 328 g/mol. The Balaban J connectivity index is 2.44. The van der Waals surface area contributed by atoms with Gasteiger partial charge >= 0.3 is 6.09 Å². The molecular formula is C18H36N2O3. The molecule has 136 valence electrons. The van der Waals surface area contributed by atoms with Crippen LogP contribution in [0, 0.1) is 5.41 Å². The van der Waals surface area contributed by atoms with Gasteiger partial charge in [0.1, 0.15) is 5.60 Å². The Hall–Kier alpha value is -0.810. The molecule has 0 saturated heterocycles. The summed E-state index contributed by atoms with van der Waals surface area (Å²) in [7, 11) is 0. The minimum absolute atomic E-state index is 0.0806. The number of ether oxygens (including phenoxy) is 2. The van der Waals surface area contributed by atoms with Crippen LogP contribution in [0.5, 0.6) is 0 Å². The van der Waals surface area contributed by atoms with Gasteiger partial charge in [0.2, 0.25) is 0 Å². The second kappa shape index (κ2) is 8.34. The van der Waals surface area contributed by atoms with Crippen molar-refractivity contribution in [3.8, 4) is 0 Å². The molecule has 0 aliphatic heterocycles. The van der Waals surface area contributed by atoms with Crippen molar-refractivity contribution in [1.82, 2.24) is 10.6 Å². The third-order valence-corrected chi connectivity index (χ3v) is 4.94. The maximum atomic E-state index is 11.9. The highest BCUT2D eigenvalue weighted by molar-refractivity contribution is 5.68. The second-order valence-electron chi connectivity index (χ2n) is 7.75. The summed E-state index contributed by atoms with van der Waals surface area (Å²) in [5.74, 6) is 0. The molecule has 0 spiro atoms. The van der Waals surface area contributed by atoms with Gasteiger partial charge in [0, 0.05) is 30.7 Å². The van der Waals surface area contributed by atoms with Crippen molar-refractivity contribution in [2.24, 2.45) is 5.41 Å². The number of nitrogens with one attached hydrogen (secondary N) is 2. The summed E-state index contributed by atoms with van der Waals surface area (Å²) >= 11 is 0. The SMILES string of the molecule is CCOC1CC(NCC(CC)NC(=O)OC(C)(C)C)C1(C)CC. The number of alkyl carbamates (subject to hydrolysis) is 1. The average Bonchev–Trinajstić information content (AvgIpc) is 2.45. The van der Waals surface area contributed by atoms with E-state index in [2.05, 4.69) is 38.3 Å². The molecule has 23 heavy (non-hydrogen) atoms. The first kappa shape index (κ1) is 20.2. The molecule has 1 fully saturated rings. The zero-order chi connectivity index (χ0) is 17.7. The van der Waals surface area contributed by atoms with Crippen molar-refractivity contribution in [3.05, 3.63) is 0 Å². The Labute approximate surface area is 141 Å². The van der Waals surface area contributed by atoms with Gasteiger partial charge in [-0.3, -0.25) is 0 Å². The Kier molecular flexibility index (Phi) is 7.33. The van der Waals surface area contributed by atoms with Gasteiger partial charge < -0.3 is 20.1 Å². The van der Waals surface area contributed by atoms with Crippen LogP contribution in [0.25, 0.3) is 0 Å². The monoisotopic (exact) mass is 328 g/mol. The maximum absolute atomic E-state index is 11.9. The quantitative estimate of drug-likeness (QED) is 0.716. The fraction of sp³-hybridized carbons (Fsp3) is 0.944. The molecule has 1 aliphatic rings. The van der Waals surface area contributed by atoms with Crippen molar-refractivity contribution in [2.75, 3.05) is 13.2 Å². The van der Waals surface area contributed by atoms with Crippen molar-refractivity contribution < 1.29 is 14.3 Å². The van der Waals surface area contributed by atoms with Gasteiger partial charge in [0.15, 0.2) is 0 Å². The number of carbonyl (C=O) groups excluding carboxylic acids is 1. The zero-order valence-corrected chi connectivity index (χ0v) is 16.0. The van der Waals surface area contributed by atoms with E-state index in [0.717, 1.165) is 32.4 Å². The third-order valence-electron chi connectivity index (χ3n) is 4.94. The summed E-state index contributed by atoms with van der Waals surface area (Å²) in [5, 5.41) is 6.57. The summed E-state index contributed by atoms with van der Waals surface area (Å²) in [5.41, 5.74) is -0.282. The number of amides is 1. The molecule has 5 nitrogen and oxygen atoms in total. The predicted octanol–water partition coefficient (Wildman–Crippen LogP) is 3.47. The fourth-order valence-corrected chi connectivity index (χ4v) is 3.12. The summed E-state index contributed by atoms with van der Waals surface area (Å²) in [6, 6.07) is 0.524. The van der Waals surface area contributed by atoms with Crippen LogP contribution in [-0.4, -0.2) is 43.0 Å². The number of rotatable bonds is 8. The van der Waals surface area contributed by atoms with Crippen LogP contribution in [0.1, 0.15) is 67.7 Å². The van der Waals surface area contributed by atoms with Gasteiger partial charge in [-0.1, -0.05) is 20.8 Å². The lowest BCUT2D eigenvalue weighted by Crippen LogP contribution is -2.63. The van der Waals surface area contributed by atoms with E-state index < -0.39 is 5.60 Å². The summed E-state index contributed by atoms with van der Waals surface area (Å²) < 4.78 is 11.2. The topological polar surface area (TPSA) is 59.6 Å². The van der Waals surface area contributed by atoms with Crippen LogP contribution >= 0.6 is 0 Å². The molecule has 0 heterocycles. The minimum Gasteiger partial charge on any atom is -0.444 e. The van der Waals surface area contributed by atoms with Crippen LogP contribution in [0.3, 0.4) is 0 Å². The molecule has 0 radical (unpaired) electrons. The van der Waals surface area contributed by atoms with Crippen LogP contribution in [-0.2, 0) is 9.47 Å². The lowest BCUT2D eigenvalue weighted by molar-refractivity contribution is -0.125. The zero-order valence-electron chi connectivity index (χ0n) is 16.0. The highest BCUT2D eigenvalue weighted by Crippen LogP contribution is 2.45. The van der Waals surface area contributed by atoms with Crippen LogP contribution in [0.2, 0.25) is 0 Å². The number of carbonyl (C=O) groups is 1.